The van der Waals surface area contributed by atoms with Crippen molar-refractivity contribution in [1.82, 2.24) is 4.90 Å². The number of aliphatic carboxylic acids is 1. The molecule has 1 fully saturated rings. The van der Waals surface area contributed by atoms with Gasteiger partial charge in [-0.3, -0.25) is 4.90 Å². The highest BCUT2D eigenvalue weighted by Gasteiger charge is 2.19. The van der Waals surface area contributed by atoms with Gasteiger partial charge in [-0.05, 0) is 24.8 Å². The number of nitrogens with zero attached hydrogens (tertiary/aromatic N) is 1. The second-order valence-electron chi connectivity index (χ2n) is 5.00. The first kappa shape index (κ1) is 13.8. The molecule has 0 unspecified atom stereocenters. The number of hydrogen-bond acceptors (Lipinski definition) is 2. The van der Waals surface area contributed by atoms with Gasteiger partial charge in [0.1, 0.15) is 0 Å². The topological polar surface area (TPSA) is 40.5 Å². The normalized spacial score (nSPS) is 16.4. The third kappa shape index (κ3) is 3.67. The summed E-state index contributed by atoms with van der Waals surface area (Å²) in [5.74, 6) is -0.742. The predicted molar refractivity (Wildman–Crippen MR) is 75.9 cm³/mol. The second-order valence-corrected chi connectivity index (χ2v) is 5.00. The maximum Gasteiger partial charge on any atom is 0.331 e. The Morgan fingerprint density at radius 2 is 1.84 bits per heavy atom. The van der Waals surface area contributed by atoms with Gasteiger partial charge in [-0.2, -0.15) is 0 Å². The molecule has 0 atom stereocenters. The average Bonchev–Trinajstić information content (AvgIpc) is 2.42. The van der Waals surface area contributed by atoms with Crippen LogP contribution in [0.3, 0.4) is 0 Å². The molecule has 0 aliphatic carbocycles. The Kier molecular flexibility index (Phi) is 4.74. The van der Waals surface area contributed by atoms with E-state index in [1.807, 2.05) is 13.0 Å². The van der Waals surface area contributed by atoms with Crippen molar-refractivity contribution in [2.45, 2.75) is 32.7 Å². The van der Waals surface area contributed by atoms with Gasteiger partial charge in [0.2, 0.25) is 0 Å². The molecular formula is C16H21NO2. The molecule has 0 radical (unpaired) electrons. The van der Waals surface area contributed by atoms with Crippen LogP contribution < -0.4 is 0 Å². The van der Waals surface area contributed by atoms with Crippen LogP contribution in [0.25, 0.3) is 0 Å². The number of piperidine rings is 1. The molecule has 3 nitrogen and oxygen atoms in total. The van der Waals surface area contributed by atoms with Crippen molar-refractivity contribution in [3.8, 4) is 0 Å². The fourth-order valence-electron chi connectivity index (χ4n) is 2.68. The fraction of sp³-hybridized carbons (Fsp3) is 0.438. The van der Waals surface area contributed by atoms with E-state index in [4.69, 9.17) is 5.11 Å². The van der Waals surface area contributed by atoms with E-state index in [-0.39, 0.29) is 0 Å². The lowest BCUT2D eigenvalue weighted by Crippen LogP contribution is -2.31. The first-order valence-corrected chi connectivity index (χ1v) is 6.91. The molecule has 1 aromatic rings. The van der Waals surface area contributed by atoms with Crippen molar-refractivity contribution < 1.29 is 9.90 Å². The van der Waals surface area contributed by atoms with Crippen molar-refractivity contribution in [2.75, 3.05) is 13.1 Å². The standard InChI is InChI=1S/C16H21NO2/c1-2-15(16(18)19)14-8-10-17(11-9-14)12-13-6-4-3-5-7-13/h3-7H,2,8-12H2,1H3,(H,18,19). The predicted octanol–water partition coefficient (Wildman–Crippen LogP) is 3.07. The average molecular weight is 259 g/mol. The monoisotopic (exact) mass is 259 g/mol. The number of carboxylic acid groups (broad SMARTS) is 1. The second kappa shape index (κ2) is 6.53. The van der Waals surface area contributed by atoms with Gasteiger partial charge in [0.25, 0.3) is 0 Å². The number of benzene rings is 1. The van der Waals surface area contributed by atoms with E-state index in [2.05, 4.69) is 29.2 Å². The minimum Gasteiger partial charge on any atom is -0.478 e. The molecule has 1 N–H and O–H groups in total. The van der Waals surface area contributed by atoms with E-state index in [0.29, 0.717) is 12.0 Å². The van der Waals surface area contributed by atoms with Crippen molar-refractivity contribution in [2.24, 2.45) is 0 Å². The lowest BCUT2D eigenvalue weighted by molar-refractivity contribution is -0.132. The van der Waals surface area contributed by atoms with Gasteiger partial charge in [0.05, 0.1) is 0 Å². The van der Waals surface area contributed by atoms with Crippen molar-refractivity contribution in [3.05, 3.63) is 47.0 Å². The summed E-state index contributed by atoms with van der Waals surface area (Å²) in [6.45, 7) is 4.80. The SMILES string of the molecule is CCC(C(=O)O)=C1CCN(Cc2ccccc2)CC1. The Morgan fingerprint density at radius 3 is 2.37 bits per heavy atom. The first-order chi connectivity index (χ1) is 9.20. The van der Waals surface area contributed by atoms with Crippen molar-refractivity contribution in [3.63, 3.8) is 0 Å². The van der Waals surface area contributed by atoms with Gasteiger partial charge in [-0.25, -0.2) is 4.79 Å². The largest absolute Gasteiger partial charge is 0.478 e. The Bertz CT molecular complexity index is 455. The lowest BCUT2D eigenvalue weighted by Gasteiger charge is -2.29. The van der Waals surface area contributed by atoms with Crippen LogP contribution in [0.15, 0.2) is 41.5 Å². The van der Waals surface area contributed by atoms with E-state index >= 15 is 0 Å². The maximum atomic E-state index is 11.1. The molecule has 1 saturated heterocycles. The molecule has 0 spiro atoms. The zero-order valence-corrected chi connectivity index (χ0v) is 11.4. The van der Waals surface area contributed by atoms with Crippen LogP contribution >= 0.6 is 0 Å². The van der Waals surface area contributed by atoms with E-state index in [9.17, 15) is 4.79 Å². The van der Waals surface area contributed by atoms with Gasteiger partial charge in [0.15, 0.2) is 0 Å². The smallest absolute Gasteiger partial charge is 0.331 e. The number of likely N-dealkylation sites (tertiary alicyclic amines) is 1. The van der Waals surface area contributed by atoms with Gasteiger partial charge in [-0.1, -0.05) is 42.8 Å². The Labute approximate surface area is 114 Å². The molecule has 3 heteroatoms. The van der Waals surface area contributed by atoms with Gasteiger partial charge < -0.3 is 5.11 Å². The summed E-state index contributed by atoms with van der Waals surface area (Å²) >= 11 is 0. The molecule has 0 saturated carbocycles. The Hall–Kier alpha value is -1.61. The highest BCUT2D eigenvalue weighted by atomic mass is 16.4. The van der Waals surface area contributed by atoms with Crippen LogP contribution in [0.2, 0.25) is 0 Å². The molecule has 102 valence electrons. The number of hydrogen-bond donors (Lipinski definition) is 1. The van der Waals surface area contributed by atoms with Crippen LogP contribution in [-0.2, 0) is 11.3 Å². The minimum absolute atomic E-state index is 0.624. The van der Waals surface area contributed by atoms with Crippen LogP contribution in [0.1, 0.15) is 31.7 Å². The molecule has 1 aliphatic rings. The molecule has 0 aromatic heterocycles. The number of rotatable bonds is 4. The van der Waals surface area contributed by atoms with Crippen LogP contribution in [0, 0.1) is 0 Å². The lowest BCUT2D eigenvalue weighted by atomic mass is 9.96. The molecule has 1 heterocycles. The Morgan fingerprint density at radius 1 is 1.21 bits per heavy atom. The summed E-state index contributed by atoms with van der Waals surface area (Å²) in [6.07, 6.45) is 2.41. The highest BCUT2D eigenvalue weighted by molar-refractivity contribution is 5.87. The van der Waals surface area contributed by atoms with Gasteiger partial charge >= 0.3 is 5.97 Å². The zero-order chi connectivity index (χ0) is 13.7. The summed E-state index contributed by atoms with van der Waals surface area (Å²) in [4.78, 5) is 13.5. The number of carbonyl (C=O) groups is 1. The molecular weight excluding hydrogens is 238 g/mol. The first-order valence-electron chi connectivity index (χ1n) is 6.91. The van der Waals surface area contributed by atoms with Crippen LogP contribution in [0.5, 0.6) is 0 Å². The van der Waals surface area contributed by atoms with E-state index < -0.39 is 5.97 Å². The highest BCUT2D eigenvalue weighted by Crippen LogP contribution is 2.23. The molecule has 19 heavy (non-hydrogen) atoms. The molecule has 0 amide bonds. The summed E-state index contributed by atoms with van der Waals surface area (Å²) in [7, 11) is 0. The zero-order valence-electron chi connectivity index (χ0n) is 11.4. The van der Waals surface area contributed by atoms with Crippen molar-refractivity contribution >= 4 is 5.97 Å². The fourth-order valence-corrected chi connectivity index (χ4v) is 2.68. The van der Waals surface area contributed by atoms with Gasteiger partial charge in [-0.15, -0.1) is 0 Å². The van der Waals surface area contributed by atoms with Crippen molar-refractivity contribution in [1.29, 1.82) is 0 Å². The summed E-state index contributed by atoms with van der Waals surface area (Å²) in [6, 6.07) is 10.4. The maximum absolute atomic E-state index is 11.1. The van der Waals surface area contributed by atoms with Crippen LogP contribution in [-0.4, -0.2) is 29.1 Å². The minimum atomic E-state index is -0.742. The molecule has 1 aliphatic heterocycles. The van der Waals surface area contributed by atoms with E-state index in [0.717, 1.165) is 38.0 Å². The Balaban J connectivity index is 1.94. The molecule has 1 aromatic carbocycles. The summed E-state index contributed by atoms with van der Waals surface area (Å²) in [5.41, 5.74) is 3.09. The van der Waals surface area contributed by atoms with E-state index in [1.54, 1.807) is 0 Å². The third-order valence-electron chi connectivity index (χ3n) is 3.75. The molecule has 2 rings (SSSR count). The summed E-state index contributed by atoms with van der Waals surface area (Å²) < 4.78 is 0. The summed E-state index contributed by atoms with van der Waals surface area (Å²) in [5, 5.41) is 9.16. The number of carboxylic acids is 1. The molecule has 0 bridgehead atoms. The van der Waals surface area contributed by atoms with E-state index in [1.165, 1.54) is 5.56 Å². The third-order valence-corrected chi connectivity index (χ3v) is 3.75. The van der Waals surface area contributed by atoms with Gasteiger partial charge in [0, 0.05) is 25.2 Å². The quantitative estimate of drug-likeness (QED) is 0.845. The van der Waals surface area contributed by atoms with Crippen LogP contribution in [0.4, 0.5) is 0 Å².